The Labute approximate surface area is 132 Å². The van der Waals surface area contributed by atoms with Crippen molar-refractivity contribution < 1.29 is 18.0 Å². The fourth-order valence-electron chi connectivity index (χ4n) is 2.96. The van der Waals surface area contributed by atoms with Gasteiger partial charge in [0.1, 0.15) is 0 Å². The molecule has 0 spiro atoms. The minimum Gasteiger partial charge on any atom is -0.324 e. The van der Waals surface area contributed by atoms with Crippen LogP contribution >= 0.6 is 0 Å². The van der Waals surface area contributed by atoms with Gasteiger partial charge < -0.3 is 10.2 Å². The number of fused-ring (bicyclic) bond motifs is 1. The zero-order valence-electron chi connectivity index (χ0n) is 12.4. The summed E-state index contributed by atoms with van der Waals surface area (Å²) >= 11 is 0. The molecular weight excluding hydrogens is 305 g/mol. The average molecular weight is 322 g/mol. The topological polar surface area (TPSA) is 32.3 Å². The predicted octanol–water partition coefficient (Wildman–Crippen LogP) is 4.65. The molecule has 0 radical (unpaired) electrons. The lowest BCUT2D eigenvalue weighted by Crippen LogP contribution is -2.46. The number of anilines is 1. The number of hydrogen-bond acceptors (Lipinski definition) is 1. The van der Waals surface area contributed by atoms with E-state index in [2.05, 4.69) is 5.32 Å². The number of amides is 2. The van der Waals surface area contributed by atoms with Gasteiger partial charge in [-0.1, -0.05) is 36.4 Å². The molecule has 3 nitrogen and oxygen atoms in total. The summed E-state index contributed by atoms with van der Waals surface area (Å²) in [6, 6.07) is 12.6. The van der Waals surface area contributed by atoms with Crippen molar-refractivity contribution in [1.29, 1.82) is 0 Å². The first-order valence-corrected chi connectivity index (χ1v) is 7.55. The summed E-state index contributed by atoms with van der Waals surface area (Å²) < 4.78 is 38.6. The number of rotatable bonds is 1. The zero-order valence-corrected chi connectivity index (χ0v) is 12.4. The average Bonchev–Trinajstić information content (AvgIpc) is 2.54. The highest BCUT2D eigenvalue weighted by Crippen LogP contribution is 2.33. The van der Waals surface area contributed by atoms with Crippen molar-refractivity contribution in [2.75, 3.05) is 18.4 Å². The van der Waals surface area contributed by atoms with Crippen LogP contribution in [0.3, 0.4) is 0 Å². The summed E-state index contributed by atoms with van der Waals surface area (Å²) in [5, 5.41) is 4.58. The van der Waals surface area contributed by atoms with Gasteiger partial charge in [0.2, 0.25) is 0 Å². The number of likely N-dealkylation sites (tertiary alicyclic amines) is 1. The summed E-state index contributed by atoms with van der Waals surface area (Å²) in [5.74, 6) is -1.44. The van der Waals surface area contributed by atoms with Crippen LogP contribution in [0.2, 0.25) is 0 Å². The lowest BCUT2D eigenvalue weighted by Gasteiger charge is -2.33. The van der Waals surface area contributed by atoms with Gasteiger partial charge in [-0.15, -0.1) is 0 Å². The molecule has 6 heteroatoms. The molecule has 23 heavy (non-hydrogen) atoms. The summed E-state index contributed by atoms with van der Waals surface area (Å²) in [7, 11) is 0. The fraction of sp³-hybridized carbons (Fsp3) is 0.353. The third-order valence-electron chi connectivity index (χ3n) is 4.20. The Morgan fingerprint density at radius 1 is 1.13 bits per heavy atom. The second-order valence-corrected chi connectivity index (χ2v) is 5.78. The highest BCUT2D eigenvalue weighted by Gasteiger charge is 2.42. The van der Waals surface area contributed by atoms with Gasteiger partial charge in [0.15, 0.2) is 0 Å². The largest absolute Gasteiger partial charge is 0.393 e. The number of halogens is 3. The van der Waals surface area contributed by atoms with E-state index in [0.717, 1.165) is 10.8 Å². The van der Waals surface area contributed by atoms with Crippen LogP contribution in [0, 0.1) is 5.92 Å². The first-order chi connectivity index (χ1) is 10.9. The molecule has 2 aromatic carbocycles. The van der Waals surface area contributed by atoms with Crippen LogP contribution in [-0.4, -0.2) is 30.2 Å². The van der Waals surface area contributed by atoms with Gasteiger partial charge in [-0.25, -0.2) is 4.79 Å². The number of urea groups is 1. The molecule has 2 aromatic rings. The van der Waals surface area contributed by atoms with E-state index >= 15 is 0 Å². The van der Waals surface area contributed by atoms with E-state index < -0.39 is 18.1 Å². The van der Waals surface area contributed by atoms with Crippen molar-refractivity contribution in [1.82, 2.24) is 4.90 Å². The molecule has 1 fully saturated rings. The number of piperidine rings is 1. The lowest BCUT2D eigenvalue weighted by atomic mass is 9.98. The molecule has 0 unspecified atom stereocenters. The summed E-state index contributed by atoms with van der Waals surface area (Å²) in [5.41, 5.74) is 0.613. The van der Waals surface area contributed by atoms with Crippen molar-refractivity contribution in [3.63, 3.8) is 0 Å². The van der Waals surface area contributed by atoms with E-state index in [1.165, 1.54) is 4.90 Å². The Morgan fingerprint density at radius 3 is 2.65 bits per heavy atom. The normalized spacial score (nSPS) is 18.9. The summed E-state index contributed by atoms with van der Waals surface area (Å²) in [6.45, 7) is 0.0727. The number of benzene rings is 2. The molecule has 1 saturated heterocycles. The predicted molar refractivity (Wildman–Crippen MR) is 83.3 cm³/mol. The second kappa shape index (κ2) is 6.10. The quantitative estimate of drug-likeness (QED) is 0.814. The Bertz CT molecular complexity index is 709. The highest BCUT2D eigenvalue weighted by atomic mass is 19.4. The number of carbonyl (C=O) groups excluding carboxylic acids is 1. The standard InChI is InChI=1S/C17H17F3N2O/c18-17(19,20)13-7-4-10-22(11-13)16(23)21-15-9-3-6-12-5-1-2-8-14(12)15/h1-3,5-6,8-9,13H,4,7,10-11H2,(H,21,23)/t13-/m0/s1. The second-order valence-electron chi connectivity index (χ2n) is 5.78. The van der Waals surface area contributed by atoms with Crippen LogP contribution < -0.4 is 5.32 Å². The lowest BCUT2D eigenvalue weighted by molar-refractivity contribution is -0.183. The molecule has 1 N–H and O–H groups in total. The van der Waals surface area contributed by atoms with Gasteiger partial charge in [-0.05, 0) is 24.3 Å². The maximum absolute atomic E-state index is 12.9. The molecule has 0 saturated carbocycles. The number of carbonyl (C=O) groups is 1. The van der Waals surface area contributed by atoms with Crippen LogP contribution in [-0.2, 0) is 0 Å². The van der Waals surface area contributed by atoms with Crippen molar-refractivity contribution in [3.8, 4) is 0 Å². The summed E-state index contributed by atoms with van der Waals surface area (Å²) in [6.07, 6.45) is -3.80. The maximum Gasteiger partial charge on any atom is 0.393 e. The van der Waals surface area contributed by atoms with Gasteiger partial charge in [0, 0.05) is 18.5 Å². The third kappa shape index (κ3) is 3.41. The highest BCUT2D eigenvalue weighted by molar-refractivity contribution is 6.01. The Morgan fingerprint density at radius 2 is 1.87 bits per heavy atom. The SMILES string of the molecule is O=C(Nc1cccc2ccccc12)N1CCC[C@H](C(F)(F)F)C1. The van der Waals surface area contributed by atoms with Crippen molar-refractivity contribution in [3.05, 3.63) is 42.5 Å². The maximum atomic E-state index is 12.9. The van der Waals surface area contributed by atoms with Crippen LogP contribution in [0.5, 0.6) is 0 Å². The van der Waals surface area contributed by atoms with Crippen molar-refractivity contribution >= 4 is 22.5 Å². The van der Waals surface area contributed by atoms with Crippen molar-refractivity contribution in [2.24, 2.45) is 5.92 Å². The molecule has 1 atom stereocenters. The molecule has 0 aliphatic carbocycles. The van der Waals surface area contributed by atoms with E-state index in [9.17, 15) is 18.0 Å². The van der Waals surface area contributed by atoms with Gasteiger partial charge in [-0.2, -0.15) is 13.2 Å². The molecule has 1 aliphatic heterocycles. The fourth-order valence-corrected chi connectivity index (χ4v) is 2.96. The van der Waals surface area contributed by atoms with E-state index in [4.69, 9.17) is 0 Å². The molecule has 1 heterocycles. The number of nitrogens with zero attached hydrogens (tertiary/aromatic N) is 1. The van der Waals surface area contributed by atoms with Crippen molar-refractivity contribution in [2.45, 2.75) is 19.0 Å². The van der Waals surface area contributed by atoms with Gasteiger partial charge in [-0.3, -0.25) is 0 Å². The Hall–Kier alpha value is -2.24. The first-order valence-electron chi connectivity index (χ1n) is 7.55. The zero-order chi connectivity index (χ0) is 16.4. The molecule has 3 rings (SSSR count). The van der Waals surface area contributed by atoms with Gasteiger partial charge >= 0.3 is 12.2 Å². The van der Waals surface area contributed by atoms with Crippen LogP contribution in [0.4, 0.5) is 23.7 Å². The molecule has 122 valence electrons. The third-order valence-corrected chi connectivity index (χ3v) is 4.20. The molecule has 2 amide bonds. The number of hydrogen-bond donors (Lipinski definition) is 1. The number of nitrogens with one attached hydrogen (secondary N) is 1. The Kier molecular flexibility index (Phi) is 4.15. The monoisotopic (exact) mass is 322 g/mol. The molecular formula is C17H17F3N2O. The van der Waals surface area contributed by atoms with Gasteiger partial charge in [0.25, 0.3) is 0 Å². The molecule has 0 aromatic heterocycles. The molecule has 0 bridgehead atoms. The van der Waals surface area contributed by atoms with Gasteiger partial charge in [0.05, 0.1) is 11.6 Å². The smallest absolute Gasteiger partial charge is 0.324 e. The van der Waals surface area contributed by atoms with E-state index in [1.807, 2.05) is 36.4 Å². The minimum atomic E-state index is -4.25. The summed E-state index contributed by atoms with van der Waals surface area (Å²) in [4.78, 5) is 13.6. The van der Waals surface area contributed by atoms with E-state index in [-0.39, 0.29) is 13.0 Å². The molecule has 1 aliphatic rings. The van der Waals surface area contributed by atoms with Crippen LogP contribution in [0.15, 0.2) is 42.5 Å². The van der Waals surface area contributed by atoms with Crippen LogP contribution in [0.1, 0.15) is 12.8 Å². The minimum absolute atomic E-state index is 0.0849. The Balaban J connectivity index is 1.76. The van der Waals surface area contributed by atoms with Crippen LogP contribution in [0.25, 0.3) is 10.8 Å². The number of alkyl halides is 3. The first kappa shape index (κ1) is 15.6. The van der Waals surface area contributed by atoms with E-state index in [1.54, 1.807) is 6.07 Å². The van der Waals surface area contributed by atoms with E-state index in [0.29, 0.717) is 18.7 Å².